The third-order valence-corrected chi connectivity index (χ3v) is 5.02. The van der Waals surface area contributed by atoms with E-state index in [0.29, 0.717) is 10.9 Å². The van der Waals surface area contributed by atoms with Crippen molar-refractivity contribution in [2.24, 2.45) is 17.1 Å². The molecule has 1 aromatic rings. The van der Waals surface area contributed by atoms with Crippen LogP contribution in [0, 0.1) is 11.3 Å². The second kappa shape index (κ2) is 5.88. The minimum Gasteiger partial charge on any atom is -0.371 e. The Labute approximate surface area is 132 Å². The van der Waals surface area contributed by atoms with Crippen LogP contribution in [-0.2, 0) is 4.79 Å². The molecule has 0 spiro atoms. The summed E-state index contributed by atoms with van der Waals surface area (Å²) in [5, 5.41) is 4.05. The molecule has 1 fully saturated rings. The van der Waals surface area contributed by atoms with Crippen molar-refractivity contribution in [3.8, 4) is 0 Å². The van der Waals surface area contributed by atoms with Crippen molar-refractivity contribution >= 4 is 23.2 Å². The van der Waals surface area contributed by atoms with Gasteiger partial charge >= 0.3 is 0 Å². The van der Waals surface area contributed by atoms with Gasteiger partial charge in [0.1, 0.15) is 5.54 Å². The zero-order chi connectivity index (χ0) is 15.7. The Morgan fingerprint density at radius 2 is 1.76 bits per heavy atom. The Morgan fingerprint density at radius 3 is 2.19 bits per heavy atom. The first-order valence-electron chi connectivity index (χ1n) is 7.57. The summed E-state index contributed by atoms with van der Waals surface area (Å²) in [4.78, 5) is 12.0. The van der Waals surface area contributed by atoms with E-state index in [1.165, 1.54) is 0 Å². The minimum absolute atomic E-state index is 0.259. The van der Waals surface area contributed by atoms with Crippen LogP contribution in [-0.4, -0.2) is 11.4 Å². The van der Waals surface area contributed by atoms with Crippen LogP contribution >= 0.6 is 11.6 Å². The monoisotopic (exact) mass is 308 g/mol. The first kappa shape index (κ1) is 16.2. The summed E-state index contributed by atoms with van der Waals surface area (Å²) in [5.74, 6) is 0.377. The van der Waals surface area contributed by atoms with E-state index in [-0.39, 0.29) is 11.3 Å². The molecule has 0 aliphatic heterocycles. The molecule has 116 valence electrons. The Bertz CT molecular complexity index is 497. The molecule has 3 nitrogen and oxygen atoms in total. The number of primary amides is 1. The van der Waals surface area contributed by atoms with Crippen LogP contribution in [0.5, 0.6) is 0 Å². The molecule has 1 amide bonds. The lowest BCUT2D eigenvalue weighted by molar-refractivity contribution is -0.123. The molecule has 1 aromatic carbocycles. The summed E-state index contributed by atoms with van der Waals surface area (Å²) < 4.78 is 0. The van der Waals surface area contributed by atoms with E-state index in [0.717, 1.165) is 31.4 Å². The molecular weight excluding hydrogens is 284 g/mol. The second-order valence-corrected chi connectivity index (χ2v) is 7.65. The molecule has 3 N–H and O–H groups in total. The summed E-state index contributed by atoms with van der Waals surface area (Å²) in [7, 11) is 0. The maximum absolute atomic E-state index is 12.0. The quantitative estimate of drug-likeness (QED) is 0.878. The SMILES string of the molecule is CC(C)(C)C1CCC(Nc2ccc(Cl)cc2)(C(N)=O)CC1. The molecular formula is C17H25ClN2O. The van der Waals surface area contributed by atoms with Crippen LogP contribution in [0.4, 0.5) is 5.69 Å². The standard InChI is InChI=1S/C17H25ClN2O/c1-16(2,3)12-8-10-17(11-9-12,15(19)21)20-14-6-4-13(18)5-7-14/h4-7,12,20H,8-11H2,1-3H3,(H2,19,21). The summed E-state index contributed by atoms with van der Waals surface area (Å²) >= 11 is 5.90. The lowest BCUT2D eigenvalue weighted by Gasteiger charge is -2.43. The number of carbonyl (C=O) groups is 1. The van der Waals surface area contributed by atoms with Crippen LogP contribution < -0.4 is 11.1 Å². The molecule has 0 radical (unpaired) electrons. The number of nitrogens with two attached hydrogens (primary N) is 1. The molecule has 1 aliphatic carbocycles. The van der Waals surface area contributed by atoms with Gasteiger partial charge in [0.25, 0.3) is 0 Å². The van der Waals surface area contributed by atoms with Gasteiger partial charge in [-0.15, -0.1) is 0 Å². The van der Waals surface area contributed by atoms with Crippen molar-refractivity contribution in [3.63, 3.8) is 0 Å². The van der Waals surface area contributed by atoms with Crippen molar-refractivity contribution in [3.05, 3.63) is 29.3 Å². The van der Waals surface area contributed by atoms with Crippen LogP contribution in [0.3, 0.4) is 0 Å². The van der Waals surface area contributed by atoms with E-state index < -0.39 is 5.54 Å². The summed E-state index contributed by atoms with van der Waals surface area (Å²) in [6, 6.07) is 7.42. The summed E-state index contributed by atoms with van der Waals surface area (Å²) in [6.07, 6.45) is 3.61. The molecule has 1 saturated carbocycles. The van der Waals surface area contributed by atoms with Crippen molar-refractivity contribution < 1.29 is 4.79 Å². The van der Waals surface area contributed by atoms with E-state index in [9.17, 15) is 4.79 Å². The lowest BCUT2D eigenvalue weighted by Crippen LogP contribution is -2.53. The van der Waals surface area contributed by atoms with E-state index >= 15 is 0 Å². The molecule has 2 rings (SSSR count). The van der Waals surface area contributed by atoms with Gasteiger partial charge in [-0.3, -0.25) is 4.79 Å². The van der Waals surface area contributed by atoms with Gasteiger partial charge in [-0.1, -0.05) is 32.4 Å². The first-order valence-corrected chi connectivity index (χ1v) is 7.94. The molecule has 0 atom stereocenters. The number of hydrogen-bond acceptors (Lipinski definition) is 2. The Morgan fingerprint density at radius 1 is 1.24 bits per heavy atom. The van der Waals surface area contributed by atoms with Gasteiger partial charge in [0.05, 0.1) is 0 Å². The maximum atomic E-state index is 12.0. The number of carbonyl (C=O) groups excluding carboxylic acids is 1. The molecule has 0 unspecified atom stereocenters. The molecule has 0 saturated heterocycles. The Hall–Kier alpha value is -1.22. The van der Waals surface area contributed by atoms with E-state index in [1.807, 2.05) is 24.3 Å². The van der Waals surface area contributed by atoms with Gasteiger partial charge in [-0.05, 0) is 61.3 Å². The van der Waals surface area contributed by atoms with Gasteiger partial charge in [-0.2, -0.15) is 0 Å². The smallest absolute Gasteiger partial charge is 0.243 e. The van der Waals surface area contributed by atoms with Gasteiger partial charge in [0.2, 0.25) is 5.91 Å². The molecule has 0 aromatic heterocycles. The minimum atomic E-state index is -0.629. The third-order valence-electron chi connectivity index (χ3n) is 4.76. The highest BCUT2D eigenvalue weighted by molar-refractivity contribution is 6.30. The number of rotatable bonds is 3. The fourth-order valence-electron chi connectivity index (χ4n) is 3.22. The highest BCUT2D eigenvalue weighted by Crippen LogP contribution is 2.42. The van der Waals surface area contributed by atoms with Gasteiger partial charge < -0.3 is 11.1 Å². The zero-order valence-corrected chi connectivity index (χ0v) is 13.8. The normalized spacial score (nSPS) is 26.4. The van der Waals surface area contributed by atoms with Crippen LogP contribution in [0.1, 0.15) is 46.5 Å². The van der Waals surface area contributed by atoms with Crippen LogP contribution in [0.25, 0.3) is 0 Å². The van der Waals surface area contributed by atoms with Crippen molar-refractivity contribution in [2.45, 2.75) is 52.0 Å². The van der Waals surface area contributed by atoms with Crippen molar-refractivity contribution in [2.75, 3.05) is 5.32 Å². The van der Waals surface area contributed by atoms with Gasteiger partial charge in [-0.25, -0.2) is 0 Å². The summed E-state index contributed by atoms with van der Waals surface area (Å²) in [5.41, 5.74) is 6.26. The fraction of sp³-hybridized carbons (Fsp3) is 0.588. The highest BCUT2D eigenvalue weighted by atomic mass is 35.5. The van der Waals surface area contributed by atoms with Gasteiger partial charge in [0.15, 0.2) is 0 Å². The lowest BCUT2D eigenvalue weighted by atomic mass is 9.67. The average Bonchev–Trinajstić information content (AvgIpc) is 2.41. The number of amides is 1. The summed E-state index contributed by atoms with van der Waals surface area (Å²) in [6.45, 7) is 6.80. The second-order valence-electron chi connectivity index (χ2n) is 7.22. The highest BCUT2D eigenvalue weighted by Gasteiger charge is 2.42. The van der Waals surface area contributed by atoms with Gasteiger partial charge in [0, 0.05) is 10.7 Å². The van der Waals surface area contributed by atoms with Crippen molar-refractivity contribution in [1.82, 2.24) is 0 Å². The molecule has 0 heterocycles. The number of benzene rings is 1. The van der Waals surface area contributed by atoms with Crippen molar-refractivity contribution in [1.29, 1.82) is 0 Å². The largest absolute Gasteiger partial charge is 0.371 e. The predicted octanol–water partition coefficient (Wildman–Crippen LogP) is 4.21. The third kappa shape index (κ3) is 3.70. The first-order chi connectivity index (χ1) is 9.73. The van der Waals surface area contributed by atoms with Crippen LogP contribution in [0.2, 0.25) is 5.02 Å². The van der Waals surface area contributed by atoms with E-state index in [1.54, 1.807) is 0 Å². The Kier molecular flexibility index (Phi) is 4.52. The number of halogens is 1. The molecule has 4 heteroatoms. The number of anilines is 1. The molecule has 0 bridgehead atoms. The average molecular weight is 309 g/mol. The maximum Gasteiger partial charge on any atom is 0.243 e. The van der Waals surface area contributed by atoms with E-state index in [2.05, 4.69) is 26.1 Å². The predicted molar refractivity (Wildman–Crippen MR) is 88.4 cm³/mol. The number of hydrogen-bond donors (Lipinski definition) is 2. The fourth-order valence-corrected chi connectivity index (χ4v) is 3.35. The van der Waals surface area contributed by atoms with E-state index in [4.69, 9.17) is 17.3 Å². The Balaban J connectivity index is 2.13. The topological polar surface area (TPSA) is 55.1 Å². The zero-order valence-electron chi connectivity index (χ0n) is 13.1. The molecule has 1 aliphatic rings. The number of nitrogens with one attached hydrogen (secondary N) is 1. The van der Waals surface area contributed by atoms with Crippen LogP contribution in [0.15, 0.2) is 24.3 Å². The molecule has 21 heavy (non-hydrogen) atoms.